The number of Topliss-reactive ketones (excluding diaryl/α,β-unsaturated/α-hetero) is 1. The van der Waals surface area contributed by atoms with Crippen molar-refractivity contribution < 1.29 is 14.8 Å². The Morgan fingerprint density at radius 2 is 2.23 bits per heavy atom. The number of thiophene rings is 1. The zero-order valence-corrected chi connectivity index (χ0v) is 7.63. The van der Waals surface area contributed by atoms with Crippen molar-refractivity contribution in [3.05, 3.63) is 22.4 Å². The number of ketones is 1. The smallest absolute Gasteiger partial charge is 0.243 e. The molecule has 1 heterocycles. The topological polar surface area (TPSA) is 66.4 Å². The largest absolute Gasteiger partial charge is 0.294 e. The monoisotopic (exact) mass is 199 g/mol. The average molecular weight is 199 g/mol. The zero-order valence-electron chi connectivity index (χ0n) is 6.82. The molecule has 1 aromatic heterocycles. The summed E-state index contributed by atoms with van der Waals surface area (Å²) in [5.41, 5.74) is 2.10. The number of carbonyl (C=O) groups is 2. The molecule has 4 nitrogen and oxygen atoms in total. The molecule has 0 aliphatic heterocycles. The molecule has 1 aromatic rings. The lowest BCUT2D eigenvalue weighted by molar-refractivity contribution is -0.129. The third kappa shape index (κ3) is 2.96. The van der Waals surface area contributed by atoms with Gasteiger partial charge in [0.05, 0.1) is 0 Å². The van der Waals surface area contributed by atoms with E-state index < -0.39 is 5.91 Å². The first-order chi connectivity index (χ1) is 6.24. The summed E-state index contributed by atoms with van der Waals surface area (Å²) in [7, 11) is 0. The van der Waals surface area contributed by atoms with Crippen molar-refractivity contribution in [2.45, 2.75) is 12.8 Å². The molecule has 0 saturated heterocycles. The van der Waals surface area contributed by atoms with E-state index in [2.05, 4.69) is 0 Å². The van der Waals surface area contributed by atoms with Crippen molar-refractivity contribution in [1.29, 1.82) is 0 Å². The maximum atomic E-state index is 11.3. The number of hydroxylamine groups is 1. The van der Waals surface area contributed by atoms with E-state index in [1.807, 2.05) is 0 Å². The lowest BCUT2D eigenvalue weighted by Gasteiger charge is -1.96. The molecule has 5 heteroatoms. The van der Waals surface area contributed by atoms with Crippen LogP contribution in [0.3, 0.4) is 0 Å². The molecule has 0 saturated carbocycles. The quantitative estimate of drug-likeness (QED) is 0.435. The highest BCUT2D eigenvalue weighted by molar-refractivity contribution is 7.08. The van der Waals surface area contributed by atoms with Gasteiger partial charge in [0.25, 0.3) is 0 Å². The van der Waals surface area contributed by atoms with Crippen LogP contribution in [0.15, 0.2) is 16.8 Å². The fourth-order valence-electron chi connectivity index (χ4n) is 0.850. The Hall–Kier alpha value is -1.20. The standard InChI is InChI=1S/C8H9NO3S/c10-7(1-2-8(11)9-12)6-3-4-13-5-6/h3-5,12H,1-2H2,(H,9,11). The Morgan fingerprint density at radius 3 is 2.77 bits per heavy atom. The van der Waals surface area contributed by atoms with Crippen LogP contribution in [0, 0.1) is 0 Å². The van der Waals surface area contributed by atoms with Crippen LogP contribution in [-0.4, -0.2) is 16.9 Å². The molecule has 0 spiro atoms. The van der Waals surface area contributed by atoms with Gasteiger partial charge in [-0.15, -0.1) is 0 Å². The minimum Gasteiger partial charge on any atom is -0.294 e. The lowest BCUT2D eigenvalue weighted by atomic mass is 10.1. The van der Waals surface area contributed by atoms with Gasteiger partial charge in [0, 0.05) is 23.8 Å². The van der Waals surface area contributed by atoms with E-state index in [0.29, 0.717) is 5.56 Å². The van der Waals surface area contributed by atoms with Gasteiger partial charge < -0.3 is 0 Å². The third-order valence-electron chi connectivity index (χ3n) is 1.55. The normalized spacial score (nSPS) is 9.62. The van der Waals surface area contributed by atoms with Crippen LogP contribution >= 0.6 is 11.3 Å². The fourth-order valence-corrected chi connectivity index (χ4v) is 1.51. The number of hydrogen-bond donors (Lipinski definition) is 2. The Labute approximate surface area is 79.2 Å². The van der Waals surface area contributed by atoms with Crippen LogP contribution in [0.25, 0.3) is 0 Å². The fraction of sp³-hybridized carbons (Fsp3) is 0.250. The van der Waals surface area contributed by atoms with Crippen LogP contribution in [0.4, 0.5) is 0 Å². The minimum absolute atomic E-state index is 0.0190. The van der Waals surface area contributed by atoms with E-state index in [1.54, 1.807) is 16.8 Å². The van der Waals surface area contributed by atoms with Crippen LogP contribution in [0.2, 0.25) is 0 Å². The van der Waals surface area contributed by atoms with Crippen LogP contribution in [0.1, 0.15) is 23.2 Å². The van der Waals surface area contributed by atoms with Crippen LogP contribution in [0.5, 0.6) is 0 Å². The molecule has 0 unspecified atom stereocenters. The predicted molar refractivity (Wildman–Crippen MR) is 47.8 cm³/mol. The third-order valence-corrected chi connectivity index (χ3v) is 2.23. The zero-order chi connectivity index (χ0) is 9.68. The molecule has 0 aromatic carbocycles. The average Bonchev–Trinajstić information content (AvgIpc) is 2.66. The number of hydrogen-bond acceptors (Lipinski definition) is 4. The molecule has 2 N–H and O–H groups in total. The second kappa shape index (κ2) is 4.74. The first-order valence-corrected chi connectivity index (χ1v) is 4.66. The van der Waals surface area contributed by atoms with E-state index >= 15 is 0 Å². The lowest BCUT2D eigenvalue weighted by Crippen LogP contribution is -2.19. The second-order valence-electron chi connectivity index (χ2n) is 2.47. The molecule has 0 fully saturated rings. The highest BCUT2D eigenvalue weighted by atomic mass is 32.1. The molecule has 13 heavy (non-hydrogen) atoms. The summed E-state index contributed by atoms with van der Waals surface area (Å²) in [6.45, 7) is 0. The molecular weight excluding hydrogens is 190 g/mol. The first-order valence-electron chi connectivity index (χ1n) is 3.72. The maximum absolute atomic E-state index is 11.3. The molecule has 0 atom stereocenters. The van der Waals surface area contributed by atoms with Gasteiger partial charge in [0.15, 0.2) is 5.78 Å². The summed E-state index contributed by atoms with van der Waals surface area (Å²) in [5, 5.41) is 11.7. The van der Waals surface area contributed by atoms with Crippen LogP contribution < -0.4 is 5.48 Å². The highest BCUT2D eigenvalue weighted by Gasteiger charge is 2.08. The van der Waals surface area contributed by atoms with Crippen molar-refractivity contribution in [3.63, 3.8) is 0 Å². The number of amides is 1. The SMILES string of the molecule is O=C(CCC(=O)c1ccsc1)NO. The van der Waals surface area contributed by atoms with E-state index in [0.717, 1.165) is 0 Å². The van der Waals surface area contributed by atoms with E-state index in [1.165, 1.54) is 16.8 Å². The van der Waals surface area contributed by atoms with Gasteiger partial charge >= 0.3 is 0 Å². The number of nitrogens with one attached hydrogen (secondary N) is 1. The first kappa shape index (κ1) is 9.88. The van der Waals surface area contributed by atoms with E-state index in [9.17, 15) is 9.59 Å². The molecule has 1 rings (SSSR count). The number of carbonyl (C=O) groups excluding carboxylic acids is 2. The van der Waals surface area contributed by atoms with E-state index in [-0.39, 0.29) is 18.6 Å². The van der Waals surface area contributed by atoms with E-state index in [4.69, 9.17) is 5.21 Å². The van der Waals surface area contributed by atoms with Crippen molar-refractivity contribution >= 4 is 23.0 Å². The van der Waals surface area contributed by atoms with Crippen LogP contribution in [-0.2, 0) is 4.79 Å². The second-order valence-corrected chi connectivity index (χ2v) is 3.25. The summed E-state index contributed by atoms with van der Waals surface area (Å²) < 4.78 is 0. The Bertz CT molecular complexity index is 294. The van der Waals surface area contributed by atoms with Gasteiger partial charge in [-0.25, -0.2) is 5.48 Å². The molecule has 0 radical (unpaired) electrons. The van der Waals surface area contributed by atoms with Gasteiger partial charge in [-0.2, -0.15) is 11.3 Å². The maximum Gasteiger partial charge on any atom is 0.243 e. The van der Waals surface area contributed by atoms with Gasteiger partial charge in [-0.05, 0) is 11.4 Å². The number of rotatable bonds is 4. The summed E-state index contributed by atoms with van der Waals surface area (Å²) in [6.07, 6.45) is 0.147. The summed E-state index contributed by atoms with van der Waals surface area (Å²) in [4.78, 5) is 21.8. The Kier molecular flexibility index (Phi) is 3.60. The van der Waals surface area contributed by atoms with Gasteiger partial charge in [-0.1, -0.05) is 0 Å². The molecular formula is C8H9NO3S. The molecule has 1 amide bonds. The summed E-state index contributed by atoms with van der Waals surface area (Å²) >= 11 is 1.44. The summed E-state index contributed by atoms with van der Waals surface area (Å²) in [6, 6.07) is 1.71. The molecule has 0 aliphatic carbocycles. The highest BCUT2D eigenvalue weighted by Crippen LogP contribution is 2.09. The van der Waals surface area contributed by atoms with Crippen molar-refractivity contribution in [2.75, 3.05) is 0 Å². The Morgan fingerprint density at radius 1 is 1.46 bits per heavy atom. The summed E-state index contributed by atoms with van der Waals surface area (Å²) in [5.74, 6) is -0.617. The van der Waals surface area contributed by atoms with Crippen molar-refractivity contribution in [2.24, 2.45) is 0 Å². The Balaban J connectivity index is 2.39. The molecule has 0 bridgehead atoms. The minimum atomic E-state index is -0.538. The van der Waals surface area contributed by atoms with Gasteiger partial charge in [0.2, 0.25) is 5.91 Å². The predicted octanol–water partition coefficient (Wildman–Crippen LogP) is 1.22. The van der Waals surface area contributed by atoms with Gasteiger partial charge in [-0.3, -0.25) is 14.8 Å². The molecule has 0 aliphatic rings. The molecule has 70 valence electrons. The van der Waals surface area contributed by atoms with Crippen molar-refractivity contribution in [1.82, 2.24) is 5.48 Å². The van der Waals surface area contributed by atoms with Gasteiger partial charge in [0.1, 0.15) is 0 Å². The van der Waals surface area contributed by atoms with Crippen molar-refractivity contribution in [3.8, 4) is 0 Å².